The van der Waals surface area contributed by atoms with Crippen LogP contribution in [0.1, 0.15) is 18.1 Å². The second kappa shape index (κ2) is 7.23. The van der Waals surface area contributed by atoms with Gasteiger partial charge in [-0.15, -0.1) is 12.4 Å². The fraction of sp³-hybridized carbons (Fsp3) is 0.500. The maximum absolute atomic E-state index is 13.8. The first-order valence-electron chi connectivity index (χ1n) is 6.19. The van der Waals surface area contributed by atoms with Crippen LogP contribution in [0, 0.1) is 12.9 Å². The van der Waals surface area contributed by atoms with E-state index in [4.69, 9.17) is 0 Å². The van der Waals surface area contributed by atoms with Crippen molar-refractivity contribution < 1.29 is 8.78 Å². The minimum absolute atomic E-state index is 0. The zero-order chi connectivity index (χ0) is 13.8. The number of halogens is 3. The summed E-state index contributed by atoms with van der Waals surface area (Å²) in [6.07, 6.45) is 3.15. The highest BCUT2D eigenvalue weighted by Gasteiger charge is 2.11. The SMILES string of the molecule is CCn1ncc(CNc2c(C)cnn2CCF)c1F.Cl. The van der Waals surface area contributed by atoms with Crippen LogP contribution in [0.2, 0.25) is 0 Å². The van der Waals surface area contributed by atoms with Gasteiger partial charge in [0, 0.05) is 24.2 Å². The van der Waals surface area contributed by atoms with Crippen molar-refractivity contribution >= 4 is 18.2 Å². The van der Waals surface area contributed by atoms with Crippen molar-refractivity contribution in [1.29, 1.82) is 0 Å². The molecule has 5 nitrogen and oxygen atoms in total. The number of hydrogen-bond acceptors (Lipinski definition) is 3. The van der Waals surface area contributed by atoms with E-state index in [-0.39, 0.29) is 24.9 Å². The third-order valence-corrected chi connectivity index (χ3v) is 2.91. The Morgan fingerprint density at radius 1 is 1.25 bits per heavy atom. The molecule has 0 saturated heterocycles. The lowest BCUT2D eigenvalue weighted by molar-refractivity contribution is 0.429. The molecule has 8 heteroatoms. The van der Waals surface area contributed by atoms with E-state index in [1.807, 2.05) is 13.8 Å². The highest BCUT2D eigenvalue weighted by molar-refractivity contribution is 5.85. The van der Waals surface area contributed by atoms with E-state index >= 15 is 0 Å². The number of nitrogens with one attached hydrogen (secondary N) is 1. The Morgan fingerprint density at radius 3 is 2.55 bits per heavy atom. The molecule has 2 rings (SSSR count). The first-order valence-corrected chi connectivity index (χ1v) is 6.19. The molecule has 0 amide bonds. The maximum atomic E-state index is 13.8. The van der Waals surface area contributed by atoms with Crippen LogP contribution >= 0.6 is 12.4 Å². The lowest BCUT2D eigenvalue weighted by atomic mass is 10.3. The molecular weight excluding hydrogens is 288 g/mol. The largest absolute Gasteiger partial charge is 0.366 e. The molecule has 2 aromatic rings. The molecule has 0 aliphatic heterocycles. The van der Waals surface area contributed by atoms with Gasteiger partial charge >= 0.3 is 0 Å². The molecule has 1 N–H and O–H groups in total. The Morgan fingerprint density at radius 2 is 1.95 bits per heavy atom. The zero-order valence-electron chi connectivity index (χ0n) is 11.4. The second-order valence-electron chi connectivity index (χ2n) is 4.22. The minimum atomic E-state index is -0.488. The molecule has 20 heavy (non-hydrogen) atoms. The predicted octanol–water partition coefficient (Wildman–Crippen LogP) is 2.55. The highest BCUT2D eigenvalue weighted by atomic mass is 35.5. The lowest BCUT2D eigenvalue weighted by Gasteiger charge is -2.09. The van der Waals surface area contributed by atoms with Crippen molar-refractivity contribution in [2.24, 2.45) is 0 Å². The minimum Gasteiger partial charge on any atom is -0.366 e. The summed E-state index contributed by atoms with van der Waals surface area (Å²) in [5.74, 6) is 0.366. The fourth-order valence-corrected chi connectivity index (χ4v) is 1.89. The number of rotatable bonds is 6. The van der Waals surface area contributed by atoms with Crippen LogP contribution in [0.15, 0.2) is 12.4 Å². The molecule has 0 aliphatic rings. The van der Waals surface area contributed by atoms with Crippen molar-refractivity contribution in [1.82, 2.24) is 19.6 Å². The first-order chi connectivity index (χ1) is 9.17. The molecule has 0 aromatic carbocycles. The smallest absolute Gasteiger partial charge is 0.216 e. The summed E-state index contributed by atoms with van der Waals surface area (Å²) in [5.41, 5.74) is 1.38. The summed E-state index contributed by atoms with van der Waals surface area (Å²) < 4.78 is 29.0. The number of aryl methyl sites for hydroxylation is 3. The number of anilines is 1. The summed E-state index contributed by atoms with van der Waals surface area (Å²) in [5, 5.41) is 11.1. The van der Waals surface area contributed by atoms with Crippen molar-refractivity contribution in [3.05, 3.63) is 29.5 Å². The van der Waals surface area contributed by atoms with E-state index in [0.717, 1.165) is 5.56 Å². The van der Waals surface area contributed by atoms with Gasteiger partial charge in [0.25, 0.3) is 0 Å². The molecule has 0 unspecified atom stereocenters. The average Bonchev–Trinajstić information content (AvgIpc) is 2.92. The summed E-state index contributed by atoms with van der Waals surface area (Å²) in [6, 6.07) is 0. The van der Waals surface area contributed by atoms with E-state index in [2.05, 4.69) is 15.5 Å². The van der Waals surface area contributed by atoms with Gasteiger partial charge in [-0.2, -0.15) is 14.6 Å². The first kappa shape index (κ1) is 16.4. The lowest BCUT2D eigenvalue weighted by Crippen LogP contribution is -2.10. The van der Waals surface area contributed by atoms with Crippen LogP contribution in [0.3, 0.4) is 0 Å². The molecule has 0 fully saturated rings. The third kappa shape index (κ3) is 3.27. The Balaban J connectivity index is 0.00000200. The van der Waals surface area contributed by atoms with Crippen molar-refractivity contribution in [2.45, 2.75) is 33.5 Å². The predicted molar refractivity (Wildman–Crippen MR) is 75.4 cm³/mol. The standard InChI is InChI=1S/C12H17F2N5.ClH/c1-3-18-11(14)10(8-17-18)7-15-12-9(2)6-16-19(12)5-4-13;/h6,8,15H,3-5,7H2,1-2H3;1H. The Bertz CT molecular complexity index is 552. The Hall–Kier alpha value is -1.63. The van der Waals surface area contributed by atoms with Crippen LogP contribution in [-0.4, -0.2) is 26.2 Å². The van der Waals surface area contributed by atoms with Crippen molar-refractivity contribution in [3.63, 3.8) is 0 Å². The molecule has 0 bridgehead atoms. The summed E-state index contributed by atoms with van der Waals surface area (Å²) in [6.45, 7) is 4.18. The number of hydrogen-bond donors (Lipinski definition) is 1. The topological polar surface area (TPSA) is 47.7 Å². The second-order valence-corrected chi connectivity index (χ2v) is 4.22. The van der Waals surface area contributed by atoms with Gasteiger partial charge in [0.15, 0.2) is 0 Å². The molecular formula is C12H18ClF2N5. The van der Waals surface area contributed by atoms with Gasteiger partial charge in [-0.05, 0) is 13.8 Å². The van der Waals surface area contributed by atoms with Gasteiger partial charge < -0.3 is 5.32 Å². The van der Waals surface area contributed by atoms with Crippen molar-refractivity contribution in [2.75, 3.05) is 12.0 Å². The molecule has 0 radical (unpaired) electrons. The summed E-state index contributed by atoms with van der Waals surface area (Å²) >= 11 is 0. The average molecular weight is 306 g/mol. The number of aromatic nitrogens is 4. The van der Waals surface area contributed by atoms with Crippen LogP contribution in [-0.2, 0) is 19.6 Å². The Kier molecular flexibility index (Phi) is 5.94. The monoisotopic (exact) mass is 305 g/mol. The van der Waals surface area contributed by atoms with E-state index in [9.17, 15) is 8.78 Å². The van der Waals surface area contributed by atoms with Crippen LogP contribution in [0.4, 0.5) is 14.6 Å². The molecule has 2 aromatic heterocycles. The fourth-order valence-electron chi connectivity index (χ4n) is 1.89. The number of alkyl halides is 1. The van der Waals surface area contributed by atoms with Gasteiger partial charge in [-0.25, -0.2) is 13.8 Å². The third-order valence-electron chi connectivity index (χ3n) is 2.91. The maximum Gasteiger partial charge on any atom is 0.216 e. The van der Waals surface area contributed by atoms with Crippen molar-refractivity contribution in [3.8, 4) is 0 Å². The van der Waals surface area contributed by atoms with Gasteiger partial charge in [0.05, 0.1) is 18.9 Å². The van der Waals surface area contributed by atoms with Crippen LogP contribution < -0.4 is 5.32 Å². The molecule has 0 saturated carbocycles. The van der Waals surface area contributed by atoms with Gasteiger partial charge in [0.2, 0.25) is 5.95 Å². The van der Waals surface area contributed by atoms with E-state index < -0.39 is 6.67 Å². The summed E-state index contributed by atoms with van der Waals surface area (Å²) in [7, 11) is 0. The quantitative estimate of drug-likeness (QED) is 0.892. The summed E-state index contributed by atoms with van der Waals surface area (Å²) in [4.78, 5) is 0. The molecule has 2 heterocycles. The Labute approximate surface area is 122 Å². The van der Waals surface area contributed by atoms with E-state index in [1.54, 1.807) is 6.20 Å². The molecule has 0 spiro atoms. The van der Waals surface area contributed by atoms with E-state index in [1.165, 1.54) is 15.6 Å². The highest BCUT2D eigenvalue weighted by Crippen LogP contribution is 2.16. The normalized spacial score (nSPS) is 10.4. The van der Waals surface area contributed by atoms with E-state index in [0.29, 0.717) is 24.5 Å². The number of nitrogens with zero attached hydrogens (tertiary/aromatic N) is 4. The van der Waals surface area contributed by atoms with Gasteiger partial charge in [0.1, 0.15) is 12.5 Å². The van der Waals surface area contributed by atoms with Gasteiger partial charge in [-0.1, -0.05) is 0 Å². The molecule has 0 aliphatic carbocycles. The van der Waals surface area contributed by atoms with Crippen LogP contribution in [0.25, 0.3) is 0 Å². The zero-order valence-corrected chi connectivity index (χ0v) is 12.3. The molecule has 112 valence electrons. The molecule has 0 atom stereocenters. The van der Waals surface area contributed by atoms with Crippen LogP contribution in [0.5, 0.6) is 0 Å². The van der Waals surface area contributed by atoms with Gasteiger partial charge in [-0.3, -0.25) is 0 Å².